The number of aromatic amines is 1. The van der Waals surface area contributed by atoms with Crippen LogP contribution in [0.5, 0.6) is 0 Å². The summed E-state index contributed by atoms with van der Waals surface area (Å²) in [6.07, 6.45) is 7.58. The maximum absolute atomic E-state index is 12.9. The SMILES string of the molecule is O=C(c1cc2ccccc2[nH]1)N1CCC[C@@H]2CCCC[C@H]21. The molecule has 2 heterocycles. The number of amides is 1. The van der Waals surface area contributed by atoms with Gasteiger partial charge in [-0.1, -0.05) is 31.0 Å². The van der Waals surface area contributed by atoms with Crippen LogP contribution in [0.2, 0.25) is 0 Å². The highest BCUT2D eigenvalue weighted by Crippen LogP contribution is 2.36. The molecule has 1 aromatic heterocycles. The predicted octanol–water partition coefficient (Wildman–Crippen LogP) is 3.96. The normalized spacial score (nSPS) is 25.8. The highest BCUT2D eigenvalue weighted by Gasteiger charge is 2.36. The van der Waals surface area contributed by atoms with Gasteiger partial charge in [-0.15, -0.1) is 0 Å². The number of fused-ring (bicyclic) bond motifs is 2. The molecule has 0 radical (unpaired) electrons. The summed E-state index contributed by atoms with van der Waals surface area (Å²) in [7, 11) is 0. The van der Waals surface area contributed by atoms with E-state index in [4.69, 9.17) is 0 Å². The van der Waals surface area contributed by atoms with Crippen LogP contribution >= 0.6 is 0 Å². The first-order valence-corrected chi connectivity index (χ1v) is 8.21. The molecule has 1 aromatic carbocycles. The van der Waals surface area contributed by atoms with E-state index in [0.29, 0.717) is 6.04 Å². The molecule has 1 aliphatic heterocycles. The third-order valence-corrected chi connectivity index (χ3v) is 5.26. The van der Waals surface area contributed by atoms with Crippen LogP contribution in [0.4, 0.5) is 0 Å². The Kier molecular flexibility index (Phi) is 3.21. The van der Waals surface area contributed by atoms with E-state index < -0.39 is 0 Å². The molecule has 1 aliphatic carbocycles. The molecule has 0 spiro atoms. The Hall–Kier alpha value is -1.77. The van der Waals surface area contributed by atoms with E-state index in [9.17, 15) is 4.79 Å². The van der Waals surface area contributed by atoms with Crippen molar-refractivity contribution in [2.24, 2.45) is 5.92 Å². The monoisotopic (exact) mass is 282 g/mol. The van der Waals surface area contributed by atoms with Crippen molar-refractivity contribution < 1.29 is 4.79 Å². The van der Waals surface area contributed by atoms with Crippen molar-refractivity contribution in [1.82, 2.24) is 9.88 Å². The Morgan fingerprint density at radius 1 is 1.10 bits per heavy atom. The summed E-state index contributed by atoms with van der Waals surface area (Å²) >= 11 is 0. The van der Waals surface area contributed by atoms with Gasteiger partial charge in [-0.3, -0.25) is 4.79 Å². The minimum atomic E-state index is 0.197. The number of hydrogen-bond donors (Lipinski definition) is 1. The zero-order chi connectivity index (χ0) is 14.2. The molecule has 2 aromatic rings. The lowest BCUT2D eigenvalue weighted by Gasteiger charge is -2.44. The fourth-order valence-electron chi connectivity index (χ4n) is 4.22. The summed E-state index contributed by atoms with van der Waals surface area (Å²) in [5.74, 6) is 0.934. The van der Waals surface area contributed by atoms with Crippen LogP contribution in [0.25, 0.3) is 10.9 Å². The average Bonchev–Trinajstić information content (AvgIpc) is 2.97. The van der Waals surface area contributed by atoms with E-state index >= 15 is 0 Å². The number of H-pyrrole nitrogens is 1. The Balaban J connectivity index is 1.63. The third kappa shape index (κ3) is 2.25. The molecule has 2 aliphatic rings. The van der Waals surface area contributed by atoms with E-state index in [-0.39, 0.29) is 5.91 Å². The lowest BCUT2D eigenvalue weighted by molar-refractivity contribution is 0.0386. The summed E-state index contributed by atoms with van der Waals surface area (Å²) in [5.41, 5.74) is 1.81. The van der Waals surface area contributed by atoms with Gasteiger partial charge in [0.15, 0.2) is 0 Å². The second-order valence-corrected chi connectivity index (χ2v) is 6.52. The lowest BCUT2D eigenvalue weighted by Crippen LogP contribution is -2.49. The highest BCUT2D eigenvalue weighted by atomic mass is 16.2. The van der Waals surface area contributed by atoms with Crippen LogP contribution in [0, 0.1) is 5.92 Å². The number of carbonyl (C=O) groups excluding carboxylic acids is 1. The summed E-state index contributed by atoms with van der Waals surface area (Å²) in [6.45, 7) is 0.926. The maximum atomic E-state index is 12.9. The Bertz CT molecular complexity index is 625. The molecule has 110 valence electrons. The minimum absolute atomic E-state index is 0.197. The fourth-order valence-corrected chi connectivity index (χ4v) is 4.22. The number of likely N-dealkylation sites (tertiary alicyclic amines) is 1. The maximum Gasteiger partial charge on any atom is 0.270 e. The summed E-state index contributed by atoms with van der Waals surface area (Å²) in [4.78, 5) is 18.4. The number of carbonyl (C=O) groups is 1. The molecule has 1 N–H and O–H groups in total. The molecule has 2 atom stereocenters. The number of benzene rings is 1. The minimum Gasteiger partial charge on any atom is -0.351 e. The van der Waals surface area contributed by atoms with E-state index in [0.717, 1.165) is 35.5 Å². The number of hydrogen-bond acceptors (Lipinski definition) is 1. The quantitative estimate of drug-likeness (QED) is 0.844. The zero-order valence-corrected chi connectivity index (χ0v) is 12.3. The first kappa shape index (κ1) is 12.9. The smallest absolute Gasteiger partial charge is 0.270 e. The summed E-state index contributed by atoms with van der Waals surface area (Å²) < 4.78 is 0. The molecule has 3 heteroatoms. The van der Waals surface area contributed by atoms with Crippen molar-refractivity contribution in [3.63, 3.8) is 0 Å². The molecular formula is C18H22N2O. The van der Waals surface area contributed by atoms with Crippen molar-refractivity contribution in [2.75, 3.05) is 6.54 Å². The molecule has 3 nitrogen and oxygen atoms in total. The largest absolute Gasteiger partial charge is 0.351 e. The molecule has 1 saturated carbocycles. The molecule has 1 saturated heterocycles. The molecular weight excluding hydrogens is 260 g/mol. The van der Waals surface area contributed by atoms with Crippen molar-refractivity contribution in [3.05, 3.63) is 36.0 Å². The Labute approximate surface area is 125 Å². The van der Waals surface area contributed by atoms with E-state index in [1.54, 1.807) is 0 Å². The number of piperidine rings is 1. The molecule has 1 amide bonds. The van der Waals surface area contributed by atoms with Crippen molar-refractivity contribution in [3.8, 4) is 0 Å². The standard InChI is InChI=1S/C18H22N2O/c21-18(16-12-14-7-1-3-9-15(14)19-16)20-11-5-8-13-6-2-4-10-17(13)20/h1,3,7,9,12-13,17,19H,2,4-6,8,10-11H2/t13-,17+/m0/s1. The second-order valence-electron chi connectivity index (χ2n) is 6.52. The van der Waals surface area contributed by atoms with Crippen LogP contribution in [0.1, 0.15) is 49.0 Å². The Morgan fingerprint density at radius 2 is 1.90 bits per heavy atom. The highest BCUT2D eigenvalue weighted by molar-refractivity contribution is 5.98. The molecule has 4 rings (SSSR count). The van der Waals surface area contributed by atoms with Crippen LogP contribution in [0.3, 0.4) is 0 Å². The van der Waals surface area contributed by atoms with Crippen LogP contribution < -0.4 is 0 Å². The van der Waals surface area contributed by atoms with Gasteiger partial charge in [-0.05, 0) is 43.7 Å². The van der Waals surface area contributed by atoms with Crippen molar-refractivity contribution in [2.45, 2.75) is 44.6 Å². The predicted molar refractivity (Wildman–Crippen MR) is 84.3 cm³/mol. The van der Waals surface area contributed by atoms with E-state index in [1.807, 2.05) is 24.3 Å². The van der Waals surface area contributed by atoms with Gasteiger partial charge < -0.3 is 9.88 Å². The van der Waals surface area contributed by atoms with Crippen LogP contribution in [-0.4, -0.2) is 28.4 Å². The first-order valence-electron chi connectivity index (χ1n) is 8.21. The van der Waals surface area contributed by atoms with Gasteiger partial charge in [-0.2, -0.15) is 0 Å². The van der Waals surface area contributed by atoms with Crippen molar-refractivity contribution >= 4 is 16.8 Å². The summed E-state index contributed by atoms with van der Waals surface area (Å²) in [6, 6.07) is 10.6. The second kappa shape index (κ2) is 5.21. The third-order valence-electron chi connectivity index (χ3n) is 5.26. The van der Waals surface area contributed by atoms with Gasteiger partial charge in [-0.25, -0.2) is 0 Å². The topological polar surface area (TPSA) is 36.1 Å². The van der Waals surface area contributed by atoms with Gasteiger partial charge in [0, 0.05) is 23.5 Å². The lowest BCUT2D eigenvalue weighted by atomic mass is 9.78. The van der Waals surface area contributed by atoms with Crippen LogP contribution in [0.15, 0.2) is 30.3 Å². The molecule has 21 heavy (non-hydrogen) atoms. The molecule has 0 unspecified atom stereocenters. The van der Waals surface area contributed by atoms with Gasteiger partial charge >= 0.3 is 0 Å². The number of nitrogens with zero attached hydrogens (tertiary/aromatic N) is 1. The number of rotatable bonds is 1. The van der Waals surface area contributed by atoms with Gasteiger partial charge in [0.25, 0.3) is 5.91 Å². The van der Waals surface area contributed by atoms with Gasteiger partial charge in [0.1, 0.15) is 5.69 Å². The first-order chi connectivity index (χ1) is 10.3. The van der Waals surface area contributed by atoms with Crippen molar-refractivity contribution in [1.29, 1.82) is 0 Å². The Morgan fingerprint density at radius 3 is 2.81 bits per heavy atom. The summed E-state index contributed by atoms with van der Waals surface area (Å²) in [5, 5.41) is 1.12. The fraction of sp³-hybridized carbons (Fsp3) is 0.500. The number of aromatic nitrogens is 1. The van der Waals surface area contributed by atoms with Gasteiger partial charge in [0.2, 0.25) is 0 Å². The number of nitrogens with one attached hydrogen (secondary N) is 1. The average molecular weight is 282 g/mol. The van der Waals surface area contributed by atoms with Gasteiger partial charge in [0.05, 0.1) is 0 Å². The van der Waals surface area contributed by atoms with Crippen LogP contribution in [-0.2, 0) is 0 Å². The number of para-hydroxylation sites is 1. The molecule has 0 bridgehead atoms. The molecule has 2 fully saturated rings. The van der Waals surface area contributed by atoms with E-state index in [2.05, 4.69) is 16.0 Å². The zero-order valence-electron chi connectivity index (χ0n) is 12.3. The van der Waals surface area contributed by atoms with E-state index in [1.165, 1.54) is 32.1 Å².